The van der Waals surface area contributed by atoms with Crippen molar-refractivity contribution < 1.29 is 4.74 Å². The van der Waals surface area contributed by atoms with Crippen molar-refractivity contribution in [1.29, 1.82) is 0 Å². The molecule has 1 aliphatic rings. The van der Waals surface area contributed by atoms with E-state index in [0.29, 0.717) is 6.73 Å². The number of hydrazone groups is 1. The maximum absolute atomic E-state index is 5.57. The van der Waals surface area contributed by atoms with Crippen LogP contribution in [0.25, 0.3) is 0 Å². The normalized spacial score (nSPS) is 17.4. The van der Waals surface area contributed by atoms with Gasteiger partial charge >= 0.3 is 0 Å². The molecule has 3 nitrogen and oxygen atoms in total. The second kappa shape index (κ2) is 5.28. The smallest absolute Gasteiger partial charge is 0.134 e. The summed E-state index contributed by atoms with van der Waals surface area (Å²) in [4.78, 5) is 0. The van der Waals surface area contributed by atoms with Crippen molar-refractivity contribution in [2.45, 2.75) is 32.1 Å². The van der Waals surface area contributed by atoms with Crippen molar-refractivity contribution in [2.75, 3.05) is 19.9 Å². The Labute approximate surface area is 95.6 Å². The summed E-state index contributed by atoms with van der Waals surface area (Å²) in [6, 6.07) is 1.23. The van der Waals surface area contributed by atoms with Gasteiger partial charge in [-0.25, -0.2) is 0 Å². The van der Waals surface area contributed by atoms with Crippen molar-refractivity contribution >= 4 is 28.6 Å². The molecule has 0 N–H and O–H groups in total. The Morgan fingerprint density at radius 3 is 2.71 bits per heavy atom. The quantitative estimate of drug-likeness (QED) is 0.571. The Morgan fingerprint density at radius 1 is 1.50 bits per heavy atom. The second-order valence-electron chi connectivity index (χ2n) is 4.80. The lowest BCUT2D eigenvalue weighted by molar-refractivity contribution is 0.0434. The molecule has 0 radical (unpaired) electrons. The number of halogens is 1. The SMILES string of the molecule is C[Si](C)(C)CCOCN1CCC(Br)=N1. The Kier molecular flexibility index (Phi) is 4.60. The molecule has 0 spiro atoms. The topological polar surface area (TPSA) is 24.8 Å². The number of rotatable bonds is 5. The summed E-state index contributed by atoms with van der Waals surface area (Å²) in [5.74, 6) is 0. The van der Waals surface area contributed by atoms with E-state index < -0.39 is 8.07 Å². The minimum Gasteiger partial charge on any atom is -0.360 e. The van der Waals surface area contributed by atoms with Gasteiger partial charge < -0.3 is 4.74 Å². The first-order valence-corrected chi connectivity index (χ1v) is 9.53. The van der Waals surface area contributed by atoms with E-state index in [4.69, 9.17) is 4.74 Å². The third-order valence-corrected chi connectivity index (χ3v) is 4.32. The van der Waals surface area contributed by atoms with Crippen LogP contribution >= 0.6 is 15.9 Å². The van der Waals surface area contributed by atoms with Gasteiger partial charge in [0.2, 0.25) is 0 Å². The van der Waals surface area contributed by atoms with Gasteiger partial charge in [-0.05, 0) is 22.0 Å². The van der Waals surface area contributed by atoms with Crippen molar-refractivity contribution in [1.82, 2.24) is 5.01 Å². The van der Waals surface area contributed by atoms with Crippen molar-refractivity contribution in [3.05, 3.63) is 0 Å². The highest BCUT2D eigenvalue weighted by molar-refractivity contribution is 9.18. The Morgan fingerprint density at radius 2 is 2.21 bits per heavy atom. The molecule has 1 aliphatic heterocycles. The average Bonchev–Trinajstić information content (AvgIpc) is 2.44. The number of nitrogens with zero attached hydrogens (tertiary/aromatic N) is 2. The molecule has 0 fully saturated rings. The van der Waals surface area contributed by atoms with Gasteiger partial charge in [0.05, 0.1) is 0 Å². The van der Waals surface area contributed by atoms with Crippen molar-refractivity contribution in [3.8, 4) is 0 Å². The zero-order valence-corrected chi connectivity index (χ0v) is 11.8. The maximum atomic E-state index is 5.57. The number of hydrogen-bond acceptors (Lipinski definition) is 3. The van der Waals surface area contributed by atoms with Crippen molar-refractivity contribution in [2.24, 2.45) is 5.10 Å². The van der Waals surface area contributed by atoms with Gasteiger partial charge in [0.25, 0.3) is 0 Å². The van der Waals surface area contributed by atoms with Crippen LogP contribution in [-0.2, 0) is 4.74 Å². The molecule has 82 valence electrons. The largest absolute Gasteiger partial charge is 0.360 e. The first-order valence-electron chi connectivity index (χ1n) is 5.03. The summed E-state index contributed by atoms with van der Waals surface area (Å²) in [6.45, 7) is 9.58. The third kappa shape index (κ3) is 5.12. The molecule has 0 amide bonds. The minimum atomic E-state index is -0.936. The summed E-state index contributed by atoms with van der Waals surface area (Å²) in [5.41, 5.74) is 0. The Bertz CT molecular complexity index is 215. The third-order valence-electron chi connectivity index (χ3n) is 2.06. The second-order valence-corrected chi connectivity index (χ2v) is 11.3. The summed E-state index contributed by atoms with van der Waals surface area (Å²) in [5, 5.41) is 6.24. The molecular formula is C9H19BrN2OSi. The monoisotopic (exact) mass is 278 g/mol. The molecule has 0 aromatic rings. The summed E-state index contributed by atoms with van der Waals surface area (Å²) in [6.07, 6.45) is 1.01. The minimum absolute atomic E-state index is 0.638. The van der Waals surface area contributed by atoms with Gasteiger partial charge in [-0.2, -0.15) is 5.10 Å². The molecule has 0 saturated heterocycles. The average molecular weight is 279 g/mol. The molecule has 0 aliphatic carbocycles. The van der Waals surface area contributed by atoms with Gasteiger partial charge in [-0.3, -0.25) is 5.01 Å². The van der Waals surface area contributed by atoms with E-state index in [2.05, 4.69) is 40.7 Å². The summed E-state index contributed by atoms with van der Waals surface area (Å²) < 4.78 is 6.61. The highest BCUT2D eigenvalue weighted by Gasteiger charge is 2.14. The molecule has 14 heavy (non-hydrogen) atoms. The molecule has 0 atom stereocenters. The van der Waals surface area contributed by atoms with E-state index in [1.54, 1.807) is 0 Å². The molecule has 5 heteroatoms. The number of ether oxygens (including phenoxy) is 1. The van der Waals surface area contributed by atoms with E-state index in [9.17, 15) is 0 Å². The molecule has 0 saturated carbocycles. The fourth-order valence-electron chi connectivity index (χ4n) is 1.12. The fourth-order valence-corrected chi connectivity index (χ4v) is 2.27. The highest BCUT2D eigenvalue weighted by atomic mass is 79.9. The molecule has 0 aromatic heterocycles. The Balaban J connectivity index is 2.05. The van der Waals surface area contributed by atoms with E-state index in [-0.39, 0.29) is 0 Å². The van der Waals surface area contributed by atoms with Crippen LogP contribution in [0.2, 0.25) is 25.7 Å². The lowest BCUT2D eigenvalue weighted by Crippen LogP contribution is -2.24. The number of hydrogen-bond donors (Lipinski definition) is 0. The van der Waals surface area contributed by atoms with E-state index >= 15 is 0 Å². The van der Waals surface area contributed by atoms with Crippen LogP contribution in [0.15, 0.2) is 5.10 Å². The predicted octanol–water partition coefficient (Wildman–Crippen LogP) is 2.71. The van der Waals surface area contributed by atoms with E-state index in [1.807, 2.05) is 5.01 Å². The molecule has 0 aromatic carbocycles. The lowest BCUT2D eigenvalue weighted by Gasteiger charge is -2.17. The van der Waals surface area contributed by atoms with Crippen LogP contribution in [-0.4, -0.2) is 37.6 Å². The van der Waals surface area contributed by atoms with Crippen LogP contribution in [0, 0.1) is 0 Å². The standard InChI is InChI=1S/C9H19BrN2OSi/c1-14(2,3)7-6-13-8-12-5-4-9(10)11-12/h4-8H2,1-3H3. The summed E-state index contributed by atoms with van der Waals surface area (Å²) >= 11 is 3.38. The van der Waals surface area contributed by atoms with Gasteiger partial charge in [-0.1, -0.05) is 19.6 Å². The van der Waals surface area contributed by atoms with Crippen molar-refractivity contribution in [3.63, 3.8) is 0 Å². The lowest BCUT2D eigenvalue weighted by atomic mass is 10.5. The molecule has 1 rings (SSSR count). The van der Waals surface area contributed by atoms with E-state index in [0.717, 1.165) is 24.2 Å². The van der Waals surface area contributed by atoms with E-state index in [1.165, 1.54) is 6.04 Å². The first-order chi connectivity index (χ1) is 6.47. The zero-order valence-electron chi connectivity index (χ0n) is 9.22. The molecular weight excluding hydrogens is 260 g/mol. The molecule has 1 heterocycles. The van der Waals surface area contributed by atoms with Crippen LogP contribution in [0.3, 0.4) is 0 Å². The predicted molar refractivity (Wildman–Crippen MR) is 66.7 cm³/mol. The highest BCUT2D eigenvalue weighted by Crippen LogP contribution is 2.11. The van der Waals surface area contributed by atoms with Crippen LogP contribution in [0.1, 0.15) is 6.42 Å². The van der Waals surface area contributed by atoms with Crippen LogP contribution in [0.4, 0.5) is 0 Å². The Hall–Kier alpha value is 0.127. The van der Waals surface area contributed by atoms with Gasteiger partial charge in [0.15, 0.2) is 0 Å². The van der Waals surface area contributed by atoms with Gasteiger partial charge in [-0.15, -0.1) is 0 Å². The fraction of sp³-hybridized carbons (Fsp3) is 0.889. The molecule has 0 bridgehead atoms. The molecule has 0 unspecified atom stereocenters. The zero-order chi connectivity index (χ0) is 10.6. The van der Waals surface area contributed by atoms with Crippen LogP contribution in [0.5, 0.6) is 0 Å². The van der Waals surface area contributed by atoms with Gasteiger partial charge in [0, 0.05) is 27.6 Å². The summed E-state index contributed by atoms with van der Waals surface area (Å²) in [7, 11) is -0.936. The van der Waals surface area contributed by atoms with Crippen LogP contribution < -0.4 is 0 Å². The first kappa shape index (κ1) is 12.2. The maximum Gasteiger partial charge on any atom is 0.134 e. The van der Waals surface area contributed by atoms with Gasteiger partial charge in [0.1, 0.15) is 11.4 Å².